The molecule has 1 amide bonds. The van der Waals surface area contributed by atoms with Crippen LogP contribution in [0.1, 0.15) is 37.6 Å². The molecule has 0 radical (unpaired) electrons. The molecule has 0 spiro atoms. The molecule has 2 N–H and O–H groups in total. The lowest BCUT2D eigenvalue weighted by Gasteiger charge is -2.23. The summed E-state index contributed by atoms with van der Waals surface area (Å²) < 4.78 is 26.1. The van der Waals surface area contributed by atoms with Crippen molar-refractivity contribution in [3.8, 4) is 0 Å². The number of nitrogens with zero attached hydrogens (tertiary/aromatic N) is 1. The Morgan fingerprint density at radius 2 is 2.00 bits per heavy atom. The maximum Gasteiger partial charge on any atom is 0.251 e. The number of carbonyl (C=O) groups excluding carboxylic acids is 1. The summed E-state index contributed by atoms with van der Waals surface area (Å²) in [5.74, 6) is -0.422. The summed E-state index contributed by atoms with van der Waals surface area (Å²) in [6.07, 6.45) is 0.709. The molecule has 0 aromatic heterocycles. The first-order valence-electron chi connectivity index (χ1n) is 7.14. The van der Waals surface area contributed by atoms with Crippen molar-refractivity contribution in [2.75, 3.05) is 20.2 Å². The number of aliphatic hydroxyl groups excluding tert-OH is 1. The predicted molar refractivity (Wildman–Crippen MR) is 85.2 cm³/mol. The zero-order valence-electron chi connectivity index (χ0n) is 13.5. The minimum atomic E-state index is -3.60. The van der Waals surface area contributed by atoms with Crippen LogP contribution in [0.2, 0.25) is 0 Å². The fraction of sp³-hybridized carbons (Fsp3) is 0.533. The summed E-state index contributed by atoms with van der Waals surface area (Å²) in [5.41, 5.74) is -0.530. The smallest absolute Gasteiger partial charge is 0.251 e. The third kappa shape index (κ3) is 4.53. The van der Waals surface area contributed by atoms with E-state index in [1.807, 2.05) is 6.92 Å². The summed E-state index contributed by atoms with van der Waals surface area (Å²) in [5, 5.41) is 11.8. The lowest BCUT2D eigenvalue weighted by atomic mass is 10.1. The van der Waals surface area contributed by atoms with Crippen molar-refractivity contribution >= 4 is 15.9 Å². The third-order valence-corrected chi connectivity index (χ3v) is 5.04. The molecule has 0 bridgehead atoms. The van der Waals surface area contributed by atoms with Gasteiger partial charge in [0.15, 0.2) is 0 Å². The maximum absolute atomic E-state index is 12.4. The molecular weight excluding hydrogens is 304 g/mol. The molecule has 7 heteroatoms. The molecule has 0 saturated heterocycles. The molecule has 1 aromatic rings. The number of carbonyl (C=O) groups is 1. The van der Waals surface area contributed by atoms with E-state index in [4.69, 9.17) is 0 Å². The number of aliphatic hydroxyl groups is 1. The highest BCUT2D eigenvalue weighted by molar-refractivity contribution is 7.89. The van der Waals surface area contributed by atoms with Crippen LogP contribution < -0.4 is 5.32 Å². The maximum atomic E-state index is 12.4. The zero-order chi connectivity index (χ0) is 17.0. The molecule has 22 heavy (non-hydrogen) atoms. The Hall–Kier alpha value is -1.44. The first kappa shape index (κ1) is 18.6. The second-order valence-corrected chi connectivity index (χ2v) is 7.90. The molecule has 1 rings (SSSR count). The van der Waals surface area contributed by atoms with E-state index >= 15 is 0 Å². The van der Waals surface area contributed by atoms with Crippen LogP contribution in [-0.2, 0) is 10.0 Å². The average Bonchev–Trinajstić information content (AvgIpc) is 2.47. The number of benzene rings is 1. The number of amides is 1. The van der Waals surface area contributed by atoms with Crippen LogP contribution in [0, 0.1) is 0 Å². The molecule has 0 fully saturated rings. The van der Waals surface area contributed by atoms with Crippen molar-refractivity contribution in [1.82, 2.24) is 9.62 Å². The van der Waals surface area contributed by atoms with Gasteiger partial charge in [0, 0.05) is 19.2 Å². The average molecular weight is 328 g/mol. The van der Waals surface area contributed by atoms with Gasteiger partial charge in [-0.15, -0.1) is 0 Å². The predicted octanol–water partition coefficient (Wildman–Crippen LogP) is 1.22. The van der Waals surface area contributed by atoms with Crippen LogP contribution in [-0.4, -0.2) is 49.5 Å². The fourth-order valence-electron chi connectivity index (χ4n) is 1.83. The highest BCUT2D eigenvalue weighted by atomic mass is 32.2. The van der Waals surface area contributed by atoms with Gasteiger partial charge in [-0.3, -0.25) is 4.79 Å². The number of rotatable bonds is 7. The molecule has 0 saturated carbocycles. The molecule has 0 unspecified atom stereocenters. The Kier molecular flexibility index (Phi) is 6.10. The van der Waals surface area contributed by atoms with Gasteiger partial charge in [-0.2, -0.15) is 0 Å². The fourth-order valence-corrected chi connectivity index (χ4v) is 3.14. The first-order valence-corrected chi connectivity index (χ1v) is 8.58. The summed E-state index contributed by atoms with van der Waals surface area (Å²) in [6.45, 7) is 5.46. The third-order valence-electron chi connectivity index (χ3n) is 3.19. The van der Waals surface area contributed by atoms with Gasteiger partial charge >= 0.3 is 0 Å². The normalized spacial score (nSPS) is 12.5. The standard InChI is InChI=1S/C15H24N2O4S/c1-5-9-17(4)22(20,21)13-8-6-7-12(10-13)14(19)16-15(2,3)11-18/h6-8,10,18H,5,9,11H2,1-4H3,(H,16,19). The van der Waals surface area contributed by atoms with Crippen molar-refractivity contribution in [2.24, 2.45) is 0 Å². The largest absolute Gasteiger partial charge is 0.394 e. The Morgan fingerprint density at radius 3 is 2.55 bits per heavy atom. The van der Waals surface area contributed by atoms with E-state index in [0.717, 1.165) is 0 Å². The van der Waals surface area contributed by atoms with Gasteiger partial charge in [-0.25, -0.2) is 12.7 Å². The van der Waals surface area contributed by atoms with E-state index < -0.39 is 21.5 Å². The Labute approximate surface area is 132 Å². The Morgan fingerprint density at radius 1 is 1.36 bits per heavy atom. The number of hydrogen-bond donors (Lipinski definition) is 2. The molecule has 0 heterocycles. The quantitative estimate of drug-likeness (QED) is 0.788. The monoisotopic (exact) mass is 328 g/mol. The minimum Gasteiger partial charge on any atom is -0.394 e. The molecule has 124 valence electrons. The summed E-state index contributed by atoms with van der Waals surface area (Å²) in [6, 6.07) is 5.90. The van der Waals surface area contributed by atoms with Crippen molar-refractivity contribution in [1.29, 1.82) is 0 Å². The Balaban J connectivity index is 3.07. The molecular formula is C15H24N2O4S. The van der Waals surface area contributed by atoms with E-state index in [-0.39, 0.29) is 17.1 Å². The van der Waals surface area contributed by atoms with Crippen molar-refractivity contribution in [2.45, 2.75) is 37.6 Å². The van der Waals surface area contributed by atoms with Gasteiger partial charge in [-0.1, -0.05) is 13.0 Å². The van der Waals surface area contributed by atoms with Crippen LogP contribution in [0.15, 0.2) is 29.2 Å². The molecule has 1 aromatic carbocycles. The molecule has 0 atom stereocenters. The van der Waals surface area contributed by atoms with Crippen LogP contribution in [0.25, 0.3) is 0 Å². The van der Waals surface area contributed by atoms with Crippen LogP contribution >= 0.6 is 0 Å². The van der Waals surface area contributed by atoms with E-state index in [0.29, 0.717) is 13.0 Å². The van der Waals surface area contributed by atoms with Gasteiger partial charge in [-0.05, 0) is 38.5 Å². The minimum absolute atomic E-state index is 0.0814. The lowest BCUT2D eigenvalue weighted by Crippen LogP contribution is -2.46. The van der Waals surface area contributed by atoms with Gasteiger partial charge in [0.25, 0.3) is 5.91 Å². The van der Waals surface area contributed by atoms with E-state index in [1.165, 1.54) is 29.6 Å². The van der Waals surface area contributed by atoms with Gasteiger partial charge < -0.3 is 10.4 Å². The molecule has 0 aliphatic rings. The topological polar surface area (TPSA) is 86.7 Å². The number of hydrogen-bond acceptors (Lipinski definition) is 4. The first-order chi connectivity index (χ1) is 10.1. The SMILES string of the molecule is CCCN(C)S(=O)(=O)c1cccc(C(=O)NC(C)(C)CO)c1. The van der Waals surface area contributed by atoms with E-state index in [1.54, 1.807) is 19.9 Å². The highest BCUT2D eigenvalue weighted by Gasteiger charge is 2.23. The van der Waals surface area contributed by atoms with Crippen LogP contribution in [0.4, 0.5) is 0 Å². The van der Waals surface area contributed by atoms with Gasteiger partial charge in [0.2, 0.25) is 10.0 Å². The summed E-state index contributed by atoms with van der Waals surface area (Å²) in [4.78, 5) is 12.2. The molecule has 0 aliphatic heterocycles. The van der Waals surface area contributed by atoms with Crippen molar-refractivity contribution in [3.63, 3.8) is 0 Å². The van der Waals surface area contributed by atoms with E-state index in [2.05, 4.69) is 5.32 Å². The van der Waals surface area contributed by atoms with Gasteiger partial charge in [0.1, 0.15) is 0 Å². The second kappa shape index (κ2) is 7.21. The Bertz CT molecular complexity index is 626. The van der Waals surface area contributed by atoms with Crippen LogP contribution in [0.5, 0.6) is 0 Å². The zero-order valence-corrected chi connectivity index (χ0v) is 14.3. The molecule has 0 aliphatic carbocycles. The highest BCUT2D eigenvalue weighted by Crippen LogP contribution is 2.17. The lowest BCUT2D eigenvalue weighted by molar-refractivity contribution is 0.0869. The van der Waals surface area contributed by atoms with Gasteiger partial charge in [0.05, 0.1) is 17.0 Å². The number of nitrogens with one attached hydrogen (secondary N) is 1. The van der Waals surface area contributed by atoms with E-state index in [9.17, 15) is 18.3 Å². The van der Waals surface area contributed by atoms with Crippen molar-refractivity contribution < 1.29 is 18.3 Å². The number of sulfonamides is 1. The van der Waals surface area contributed by atoms with Crippen LogP contribution in [0.3, 0.4) is 0 Å². The molecule has 6 nitrogen and oxygen atoms in total. The van der Waals surface area contributed by atoms with Crippen molar-refractivity contribution in [3.05, 3.63) is 29.8 Å². The second-order valence-electron chi connectivity index (χ2n) is 5.85. The summed E-state index contributed by atoms with van der Waals surface area (Å²) >= 11 is 0. The summed E-state index contributed by atoms with van der Waals surface area (Å²) in [7, 11) is -2.09.